The minimum atomic E-state index is -1.51. The lowest BCUT2D eigenvalue weighted by atomic mass is 10.0. The Bertz CT molecular complexity index is 1240. The lowest BCUT2D eigenvalue weighted by Crippen LogP contribution is -2.11. The summed E-state index contributed by atoms with van der Waals surface area (Å²) in [6.07, 6.45) is 0. The Hall–Kier alpha value is -3.32. The van der Waals surface area contributed by atoms with Gasteiger partial charge in [0.25, 0.3) is 0 Å². The Morgan fingerprint density at radius 2 is 1.83 bits per heavy atom. The molecule has 0 bridgehead atoms. The topological polar surface area (TPSA) is 57.2 Å². The van der Waals surface area contributed by atoms with E-state index in [2.05, 4.69) is 6.07 Å². The summed E-state index contributed by atoms with van der Waals surface area (Å²) in [6.45, 7) is 0.400. The van der Waals surface area contributed by atoms with Gasteiger partial charge in [0.15, 0.2) is 17.5 Å². The summed E-state index contributed by atoms with van der Waals surface area (Å²) in [7, 11) is 1.56. The number of methoxy groups -OCH3 is 1. The molecule has 4 aromatic rings. The molecule has 0 spiro atoms. The third kappa shape index (κ3) is 3.23. The molecule has 1 amide bonds. The molecule has 0 aliphatic carbocycles. The summed E-state index contributed by atoms with van der Waals surface area (Å²) in [4.78, 5) is 12.0. The first kappa shape index (κ1) is 19.0. The van der Waals surface area contributed by atoms with Crippen LogP contribution in [0.15, 0.2) is 42.5 Å². The van der Waals surface area contributed by atoms with Crippen LogP contribution < -0.4 is 5.73 Å². The van der Waals surface area contributed by atoms with E-state index in [-0.39, 0.29) is 12.1 Å². The molecule has 147 valence electrons. The number of hydrogen-bond acceptors (Lipinski definition) is 2. The molecule has 4 rings (SSSR count). The number of hydrogen-bond donors (Lipinski definition) is 1. The van der Waals surface area contributed by atoms with Crippen LogP contribution in [0.2, 0.25) is 0 Å². The van der Waals surface area contributed by atoms with Crippen molar-refractivity contribution < 1.29 is 22.7 Å². The zero-order valence-electron chi connectivity index (χ0n) is 15.4. The molecule has 0 aliphatic heterocycles. The molecule has 1 heterocycles. The van der Waals surface area contributed by atoms with Gasteiger partial charge in [0, 0.05) is 30.0 Å². The molecule has 0 unspecified atom stereocenters. The van der Waals surface area contributed by atoms with E-state index in [0.717, 1.165) is 17.7 Å². The Morgan fingerprint density at radius 1 is 1.10 bits per heavy atom. The zero-order chi connectivity index (χ0) is 20.7. The average Bonchev–Trinajstić information content (AvgIpc) is 2.99. The summed E-state index contributed by atoms with van der Waals surface area (Å²) >= 11 is 0. The van der Waals surface area contributed by atoms with E-state index in [9.17, 15) is 18.0 Å². The van der Waals surface area contributed by atoms with Crippen LogP contribution in [0.25, 0.3) is 21.8 Å². The van der Waals surface area contributed by atoms with Crippen molar-refractivity contribution in [3.63, 3.8) is 0 Å². The first-order valence-electron chi connectivity index (χ1n) is 8.78. The van der Waals surface area contributed by atoms with Gasteiger partial charge in [-0.1, -0.05) is 6.07 Å². The quantitative estimate of drug-likeness (QED) is 0.511. The van der Waals surface area contributed by atoms with Crippen LogP contribution in [-0.2, 0) is 17.9 Å². The van der Waals surface area contributed by atoms with Gasteiger partial charge in [-0.25, -0.2) is 13.2 Å². The number of aromatic nitrogens is 1. The monoisotopic (exact) mass is 397 g/mol. The van der Waals surface area contributed by atoms with E-state index in [0.29, 0.717) is 34.0 Å². The van der Waals surface area contributed by atoms with Crippen molar-refractivity contribution >= 4 is 27.7 Å². The summed E-state index contributed by atoms with van der Waals surface area (Å²) < 4.78 is 47.8. The number of benzene rings is 3. The van der Waals surface area contributed by atoms with Crippen LogP contribution in [0, 0.1) is 23.5 Å². The highest BCUT2D eigenvalue weighted by Gasteiger charge is 2.18. The van der Waals surface area contributed by atoms with Gasteiger partial charge in [-0.05, 0) is 53.6 Å². The molecule has 0 atom stereocenters. The number of rotatable bonds is 5. The number of halogens is 3. The second-order valence-electron chi connectivity index (χ2n) is 6.72. The first-order chi connectivity index (χ1) is 13.9. The smallest absolute Gasteiger partial charge is 0.249 e. The van der Waals surface area contributed by atoms with E-state index in [4.69, 9.17) is 10.5 Å². The molecule has 7 heteroatoms. The van der Waals surface area contributed by atoms with Gasteiger partial charge in [0.2, 0.25) is 5.91 Å². The van der Waals surface area contributed by atoms with E-state index in [1.807, 2.05) is 6.07 Å². The Labute approximate surface area is 164 Å². The van der Waals surface area contributed by atoms with Crippen molar-refractivity contribution in [2.75, 3.05) is 7.11 Å². The number of primary amides is 1. The highest BCUT2D eigenvalue weighted by molar-refractivity contribution is 6.17. The molecule has 2 N–H and O–H groups in total. The van der Waals surface area contributed by atoms with Gasteiger partial charge in [-0.3, -0.25) is 4.79 Å². The van der Waals surface area contributed by atoms with Crippen LogP contribution in [0.3, 0.4) is 0 Å². The van der Waals surface area contributed by atoms with Crippen LogP contribution in [0.5, 0.6) is 0 Å². The fourth-order valence-electron chi connectivity index (χ4n) is 3.61. The lowest BCUT2D eigenvalue weighted by molar-refractivity contribution is 0.100. The predicted octanol–water partition coefficient (Wildman–Crippen LogP) is 4.31. The lowest BCUT2D eigenvalue weighted by Gasteiger charge is -2.10. The van der Waals surface area contributed by atoms with Gasteiger partial charge in [0.05, 0.1) is 17.6 Å². The van der Waals surface area contributed by atoms with Gasteiger partial charge in [0.1, 0.15) is 0 Å². The number of carbonyl (C=O) groups is 1. The Balaban J connectivity index is 2.01. The predicted molar refractivity (Wildman–Crippen MR) is 103 cm³/mol. The third-order valence-corrected chi connectivity index (χ3v) is 4.81. The maximum absolute atomic E-state index is 13.7. The highest BCUT2D eigenvalue weighted by Crippen LogP contribution is 2.33. The number of ether oxygens (including phenoxy) is 1. The largest absolute Gasteiger partial charge is 0.380 e. The fraction of sp³-hybridized carbons (Fsp3) is 0.136. The number of nitrogens with two attached hydrogens (primary N) is 1. The van der Waals surface area contributed by atoms with Crippen molar-refractivity contribution in [2.24, 2.45) is 5.73 Å². The second-order valence-corrected chi connectivity index (χ2v) is 6.72. The third-order valence-electron chi connectivity index (χ3n) is 4.81. The number of carbonyl (C=O) groups excluding carboxylic acids is 1. The zero-order valence-corrected chi connectivity index (χ0v) is 15.4. The molecular formula is C22H16F3N2O2. The van der Waals surface area contributed by atoms with Gasteiger partial charge < -0.3 is 15.0 Å². The average molecular weight is 397 g/mol. The maximum atomic E-state index is 13.7. The number of nitrogens with zero attached hydrogens (tertiary/aromatic N) is 1. The second kappa shape index (κ2) is 7.25. The van der Waals surface area contributed by atoms with E-state index in [1.54, 1.807) is 35.9 Å². The van der Waals surface area contributed by atoms with Gasteiger partial charge >= 0.3 is 0 Å². The van der Waals surface area contributed by atoms with Gasteiger partial charge in [-0.15, -0.1) is 0 Å². The summed E-state index contributed by atoms with van der Waals surface area (Å²) in [6, 6.07) is 13.8. The molecule has 0 saturated heterocycles. The first-order valence-corrected chi connectivity index (χ1v) is 8.78. The van der Waals surface area contributed by atoms with E-state index in [1.165, 1.54) is 0 Å². The minimum Gasteiger partial charge on any atom is -0.380 e. The van der Waals surface area contributed by atoms with Crippen molar-refractivity contribution in [1.29, 1.82) is 0 Å². The summed E-state index contributed by atoms with van der Waals surface area (Å²) in [5.74, 6) is -4.62. The molecule has 4 nitrogen and oxygen atoms in total. The summed E-state index contributed by atoms with van der Waals surface area (Å²) in [5.41, 5.74) is 8.27. The molecule has 3 aromatic carbocycles. The van der Waals surface area contributed by atoms with Crippen molar-refractivity contribution in [3.8, 4) is 0 Å². The minimum absolute atomic E-state index is 0.0562. The van der Waals surface area contributed by atoms with Crippen LogP contribution in [0.4, 0.5) is 13.2 Å². The molecule has 0 saturated carbocycles. The number of fused-ring (bicyclic) bond motifs is 3. The maximum Gasteiger partial charge on any atom is 0.249 e. The van der Waals surface area contributed by atoms with Crippen molar-refractivity contribution in [2.45, 2.75) is 13.2 Å². The normalized spacial score (nSPS) is 11.4. The van der Waals surface area contributed by atoms with Crippen LogP contribution in [0.1, 0.15) is 21.5 Å². The SMILES string of the molecule is COCc1c[c]c2c3c(C(N)=O)cccc3n(Cc3cc(F)c(F)c(F)c3)c2c1. The Morgan fingerprint density at radius 3 is 2.48 bits per heavy atom. The van der Waals surface area contributed by atoms with E-state index >= 15 is 0 Å². The molecule has 1 aromatic heterocycles. The van der Waals surface area contributed by atoms with Crippen molar-refractivity contribution in [1.82, 2.24) is 4.57 Å². The fourth-order valence-corrected chi connectivity index (χ4v) is 3.61. The summed E-state index contributed by atoms with van der Waals surface area (Å²) in [5, 5.41) is 1.25. The molecular weight excluding hydrogens is 381 g/mol. The van der Waals surface area contributed by atoms with Crippen LogP contribution >= 0.6 is 0 Å². The molecule has 0 fully saturated rings. The van der Waals surface area contributed by atoms with Gasteiger partial charge in [-0.2, -0.15) is 0 Å². The highest BCUT2D eigenvalue weighted by atomic mass is 19.2. The molecule has 1 radical (unpaired) electrons. The molecule has 0 aliphatic rings. The van der Waals surface area contributed by atoms with E-state index < -0.39 is 23.4 Å². The standard InChI is InChI=1S/C22H16F3N2O2/c1-29-11-12-5-6-14-19(9-12)27(10-13-7-16(23)21(25)17(24)8-13)18-4-2-3-15(20(14)18)22(26)28/h2-5,7-9H,10-11H2,1H3,(H2,26,28). The molecule has 29 heavy (non-hydrogen) atoms. The Kier molecular flexibility index (Phi) is 4.76. The van der Waals surface area contributed by atoms with Crippen molar-refractivity contribution in [3.05, 3.63) is 82.7 Å². The van der Waals surface area contributed by atoms with Crippen LogP contribution in [-0.4, -0.2) is 17.6 Å². The number of amides is 1.